The van der Waals surface area contributed by atoms with Crippen molar-refractivity contribution in [2.24, 2.45) is 11.8 Å². The van der Waals surface area contributed by atoms with Crippen molar-refractivity contribution >= 4 is 23.2 Å². The van der Waals surface area contributed by atoms with Crippen LogP contribution in [0.5, 0.6) is 0 Å². The standard InChI is InChI=1S/C16H24N2O2/c1-11(2)9-15(19)17-13-7-5-6-8-14(13)18-16(20)10-12(3)4/h5-8,11-12H,9-10H2,1-4H3,(H,17,19)(H,18,20). The molecule has 0 saturated carbocycles. The number of carbonyl (C=O) groups excluding carboxylic acids is 2. The predicted molar refractivity (Wildman–Crippen MR) is 82.6 cm³/mol. The first-order valence-electron chi connectivity index (χ1n) is 7.07. The maximum atomic E-state index is 11.8. The summed E-state index contributed by atoms with van der Waals surface area (Å²) in [5.74, 6) is 0.534. The van der Waals surface area contributed by atoms with Crippen molar-refractivity contribution in [2.45, 2.75) is 40.5 Å². The molecule has 0 spiro atoms. The van der Waals surface area contributed by atoms with E-state index in [-0.39, 0.29) is 11.8 Å². The Bertz CT molecular complexity index is 424. The fourth-order valence-corrected chi connectivity index (χ4v) is 1.85. The van der Waals surface area contributed by atoms with Crippen molar-refractivity contribution in [3.63, 3.8) is 0 Å². The SMILES string of the molecule is CC(C)CC(=O)Nc1ccccc1NC(=O)CC(C)C. The molecule has 1 aromatic rings. The summed E-state index contributed by atoms with van der Waals surface area (Å²) in [5, 5.41) is 5.69. The largest absolute Gasteiger partial charge is 0.324 e. The normalized spacial score (nSPS) is 10.7. The van der Waals surface area contributed by atoms with E-state index >= 15 is 0 Å². The monoisotopic (exact) mass is 276 g/mol. The van der Waals surface area contributed by atoms with Crippen LogP contribution in [0.2, 0.25) is 0 Å². The lowest BCUT2D eigenvalue weighted by Gasteiger charge is -2.13. The highest BCUT2D eigenvalue weighted by molar-refractivity contribution is 5.99. The van der Waals surface area contributed by atoms with Crippen LogP contribution in [0.3, 0.4) is 0 Å². The van der Waals surface area contributed by atoms with Gasteiger partial charge in [0.1, 0.15) is 0 Å². The first-order valence-corrected chi connectivity index (χ1v) is 7.07. The Morgan fingerprint density at radius 2 is 1.20 bits per heavy atom. The molecule has 0 unspecified atom stereocenters. The molecular formula is C16H24N2O2. The zero-order valence-corrected chi connectivity index (χ0v) is 12.7. The Morgan fingerprint density at radius 1 is 0.850 bits per heavy atom. The van der Waals surface area contributed by atoms with Crippen molar-refractivity contribution in [3.8, 4) is 0 Å². The van der Waals surface area contributed by atoms with E-state index in [0.717, 1.165) is 0 Å². The molecule has 2 amide bonds. The summed E-state index contributed by atoms with van der Waals surface area (Å²) in [7, 11) is 0. The van der Waals surface area contributed by atoms with E-state index in [9.17, 15) is 9.59 Å². The van der Waals surface area contributed by atoms with Gasteiger partial charge in [0.05, 0.1) is 11.4 Å². The van der Waals surface area contributed by atoms with Crippen LogP contribution in [0.4, 0.5) is 11.4 Å². The minimum atomic E-state index is -0.0365. The van der Waals surface area contributed by atoms with Gasteiger partial charge in [-0.15, -0.1) is 0 Å². The lowest BCUT2D eigenvalue weighted by molar-refractivity contribution is -0.117. The molecule has 0 radical (unpaired) electrons. The zero-order valence-electron chi connectivity index (χ0n) is 12.7. The second kappa shape index (κ2) is 7.68. The second-order valence-corrected chi connectivity index (χ2v) is 5.84. The highest BCUT2D eigenvalue weighted by atomic mass is 16.2. The lowest BCUT2D eigenvalue weighted by Crippen LogP contribution is -2.18. The first kappa shape index (κ1) is 16.2. The number of anilines is 2. The second-order valence-electron chi connectivity index (χ2n) is 5.84. The topological polar surface area (TPSA) is 58.2 Å². The average Bonchev–Trinajstić information content (AvgIpc) is 2.29. The maximum absolute atomic E-state index is 11.8. The van der Waals surface area contributed by atoms with Gasteiger partial charge in [0.2, 0.25) is 11.8 Å². The molecule has 0 aromatic heterocycles. The molecule has 0 aliphatic heterocycles. The Balaban J connectivity index is 2.73. The van der Waals surface area contributed by atoms with Gasteiger partial charge in [0, 0.05) is 12.8 Å². The van der Waals surface area contributed by atoms with Gasteiger partial charge in [0.25, 0.3) is 0 Å². The van der Waals surface area contributed by atoms with Crippen LogP contribution in [-0.4, -0.2) is 11.8 Å². The van der Waals surface area contributed by atoms with Crippen LogP contribution in [0.25, 0.3) is 0 Å². The van der Waals surface area contributed by atoms with E-state index in [1.54, 1.807) is 12.1 Å². The molecule has 0 aliphatic rings. The average molecular weight is 276 g/mol. The van der Waals surface area contributed by atoms with Gasteiger partial charge in [-0.1, -0.05) is 39.8 Å². The van der Waals surface area contributed by atoms with Crippen molar-refractivity contribution in [2.75, 3.05) is 10.6 Å². The molecule has 0 heterocycles. The molecule has 1 aromatic carbocycles. The molecule has 0 aliphatic carbocycles. The van der Waals surface area contributed by atoms with Gasteiger partial charge in [-0.2, -0.15) is 0 Å². The molecule has 0 fully saturated rings. The van der Waals surface area contributed by atoms with Gasteiger partial charge in [-0.05, 0) is 24.0 Å². The van der Waals surface area contributed by atoms with Gasteiger partial charge in [-0.25, -0.2) is 0 Å². The van der Waals surface area contributed by atoms with E-state index in [4.69, 9.17) is 0 Å². The molecule has 110 valence electrons. The maximum Gasteiger partial charge on any atom is 0.224 e. The summed E-state index contributed by atoms with van der Waals surface area (Å²) in [6, 6.07) is 7.26. The zero-order chi connectivity index (χ0) is 15.1. The highest BCUT2D eigenvalue weighted by Crippen LogP contribution is 2.22. The molecule has 4 nitrogen and oxygen atoms in total. The van der Waals surface area contributed by atoms with E-state index in [1.165, 1.54) is 0 Å². The Labute approximate surface area is 121 Å². The number of benzene rings is 1. The van der Waals surface area contributed by atoms with E-state index in [2.05, 4.69) is 10.6 Å². The fourth-order valence-electron chi connectivity index (χ4n) is 1.85. The van der Waals surface area contributed by atoms with Crippen molar-refractivity contribution in [1.82, 2.24) is 0 Å². The number of hydrogen-bond donors (Lipinski definition) is 2. The third kappa shape index (κ3) is 5.87. The number of para-hydroxylation sites is 2. The molecule has 2 N–H and O–H groups in total. The van der Waals surface area contributed by atoms with Crippen LogP contribution >= 0.6 is 0 Å². The fraction of sp³-hybridized carbons (Fsp3) is 0.500. The Morgan fingerprint density at radius 3 is 1.50 bits per heavy atom. The summed E-state index contributed by atoms with van der Waals surface area (Å²) < 4.78 is 0. The van der Waals surface area contributed by atoms with Crippen molar-refractivity contribution in [1.29, 1.82) is 0 Å². The Hall–Kier alpha value is -1.84. The summed E-state index contributed by atoms with van der Waals surface area (Å²) in [5.41, 5.74) is 1.30. The number of rotatable bonds is 6. The minimum absolute atomic E-state index is 0.0365. The molecule has 4 heteroatoms. The van der Waals surface area contributed by atoms with Crippen molar-refractivity contribution in [3.05, 3.63) is 24.3 Å². The highest BCUT2D eigenvalue weighted by Gasteiger charge is 2.11. The summed E-state index contributed by atoms with van der Waals surface area (Å²) in [4.78, 5) is 23.6. The molecule has 0 atom stereocenters. The molecular weight excluding hydrogens is 252 g/mol. The molecule has 0 saturated heterocycles. The van der Waals surface area contributed by atoms with Gasteiger partial charge in [0.15, 0.2) is 0 Å². The number of nitrogens with one attached hydrogen (secondary N) is 2. The summed E-state index contributed by atoms with van der Waals surface area (Å²) in [6.07, 6.45) is 0.933. The smallest absolute Gasteiger partial charge is 0.224 e. The van der Waals surface area contributed by atoms with Crippen LogP contribution in [0.1, 0.15) is 40.5 Å². The minimum Gasteiger partial charge on any atom is -0.324 e. The third-order valence-electron chi connectivity index (χ3n) is 2.66. The van der Waals surface area contributed by atoms with Gasteiger partial charge < -0.3 is 10.6 Å². The lowest BCUT2D eigenvalue weighted by atomic mass is 10.1. The number of carbonyl (C=O) groups is 2. The Kier molecular flexibility index (Phi) is 6.22. The van der Waals surface area contributed by atoms with Crippen LogP contribution in [-0.2, 0) is 9.59 Å². The van der Waals surface area contributed by atoms with Gasteiger partial charge in [-0.3, -0.25) is 9.59 Å². The van der Waals surface area contributed by atoms with Crippen LogP contribution in [0, 0.1) is 11.8 Å². The molecule has 0 bridgehead atoms. The summed E-state index contributed by atoms with van der Waals surface area (Å²) >= 11 is 0. The first-order chi connectivity index (χ1) is 9.38. The molecule has 1 rings (SSSR count). The quantitative estimate of drug-likeness (QED) is 0.833. The third-order valence-corrected chi connectivity index (χ3v) is 2.66. The van der Waals surface area contributed by atoms with Crippen LogP contribution in [0.15, 0.2) is 24.3 Å². The summed E-state index contributed by atoms with van der Waals surface area (Å²) in [6.45, 7) is 7.98. The van der Waals surface area contributed by atoms with Crippen molar-refractivity contribution < 1.29 is 9.59 Å². The van der Waals surface area contributed by atoms with E-state index < -0.39 is 0 Å². The van der Waals surface area contributed by atoms with E-state index in [1.807, 2.05) is 39.8 Å². The van der Waals surface area contributed by atoms with E-state index in [0.29, 0.717) is 36.1 Å². The van der Waals surface area contributed by atoms with Crippen LogP contribution < -0.4 is 10.6 Å². The predicted octanol–water partition coefficient (Wildman–Crippen LogP) is 3.66. The number of amides is 2. The number of hydrogen-bond acceptors (Lipinski definition) is 2. The molecule has 20 heavy (non-hydrogen) atoms. The van der Waals surface area contributed by atoms with Gasteiger partial charge >= 0.3 is 0 Å².